The van der Waals surface area contributed by atoms with Gasteiger partial charge in [-0.1, -0.05) is 222 Å². The predicted octanol–water partition coefficient (Wildman–Crippen LogP) is 6.84. The molecule has 54 heavy (non-hydrogen) atoms. The molecule has 0 atom stereocenters. The second-order valence-electron chi connectivity index (χ2n) is 14.7. The molecule has 1 N–H and O–H groups in total. The van der Waals surface area contributed by atoms with E-state index in [4.69, 9.17) is 4.65 Å². The van der Waals surface area contributed by atoms with Gasteiger partial charge >= 0.3 is 7.12 Å². The molecule has 2 heterocycles. The molecular formula is C47H30B2Br2O2Si. The lowest BCUT2D eigenvalue weighted by molar-refractivity contribution is 0.433. The number of hydrogen-bond acceptors (Lipinski definition) is 2. The highest BCUT2D eigenvalue weighted by atomic mass is 79.9. The molecule has 2 spiro atoms. The first kappa shape index (κ1) is 32.5. The highest BCUT2D eigenvalue weighted by Gasteiger charge is 2.53. The number of benzene rings is 7. The van der Waals surface area contributed by atoms with Crippen LogP contribution in [0.5, 0.6) is 5.75 Å². The third-order valence-corrected chi connectivity index (χ3v) is 19.0. The van der Waals surface area contributed by atoms with Gasteiger partial charge in [0.25, 0.3) is 0 Å². The summed E-state index contributed by atoms with van der Waals surface area (Å²) in [5.74, 6) is 0.643. The largest absolute Gasteiger partial charge is 0.560 e. The van der Waals surface area contributed by atoms with Crippen LogP contribution >= 0.6 is 31.9 Å². The number of rotatable bonds is 4. The zero-order chi connectivity index (χ0) is 36.2. The highest BCUT2D eigenvalue weighted by Crippen LogP contribution is 2.62. The van der Waals surface area contributed by atoms with Crippen molar-refractivity contribution in [2.24, 2.45) is 0 Å². The number of hydrogen-bond donors (Lipinski definition) is 1. The monoisotopic (exact) mass is 834 g/mol. The SMILES string of the molecule is OB(Oc1ccc2c(c1)B(c1ccccc1)c1ccccc1[Si]21C=C(Br)C(Br)=C1)c1cccc2c1-c1ccccc1C21c2ccccc2-c2ccccc21. The molecular weight excluding hydrogens is 806 g/mol. The van der Waals surface area contributed by atoms with Gasteiger partial charge in [-0.05, 0) is 56.6 Å². The van der Waals surface area contributed by atoms with E-state index in [0.29, 0.717) is 5.75 Å². The minimum atomic E-state index is -2.45. The molecule has 254 valence electrons. The van der Waals surface area contributed by atoms with Crippen molar-refractivity contribution in [1.82, 2.24) is 0 Å². The molecule has 2 nitrogen and oxygen atoms in total. The van der Waals surface area contributed by atoms with Gasteiger partial charge in [-0.15, -0.1) is 0 Å². The van der Waals surface area contributed by atoms with E-state index in [0.717, 1.165) is 25.6 Å². The van der Waals surface area contributed by atoms with Gasteiger partial charge in [0, 0.05) is 14.4 Å². The second kappa shape index (κ2) is 12.0. The first-order valence-electron chi connectivity index (χ1n) is 18.3. The zero-order valence-electron chi connectivity index (χ0n) is 29.0. The molecule has 11 rings (SSSR count). The maximum absolute atomic E-state index is 12.3. The molecule has 2 aliphatic carbocycles. The van der Waals surface area contributed by atoms with Crippen molar-refractivity contribution < 1.29 is 9.68 Å². The van der Waals surface area contributed by atoms with Gasteiger partial charge in [0.15, 0.2) is 8.07 Å². The van der Waals surface area contributed by atoms with Gasteiger partial charge in [-0.2, -0.15) is 0 Å². The Morgan fingerprint density at radius 2 is 1.09 bits per heavy atom. The summed E-state index contributed by atoms with van der Waals surface area (Å²) in [6.07, 6.45) is 0. The molecule has 0 aromatic heterocycles. The van der Waals surface area contributed by atoms with E-state index in [1.54, 1.807) is 0 Å². The molecule has 0 bridgehead atoms. The van der Waals surface area contributed by atoms with Crippen LogP contribution in [0.3, 0.4) is 0 Å². The van der Waals surface area contributed by atoms with Crippen molar-refractivity contribution in [3.63, 3.8) is 0 Å². The lowest BCUT2D eigenvalue weighted by atomic mass is 9.36. The highest BCUT2D eigenvalue weighted by molar-refractivity contribution is 9.15. The summed E-state index contributed by atoms with van der Waals surface area (Å²) < 4.78 is 8.86. The zero-order valence-corrected chi connectivity index (χ0v) is 33.2. The lowest BCUT2D eigenvalue weighted by Gasteiger charge is -2.37. The molecule has 0 saturated heterocycles. The van der Waals surface area contributed by atoms with E-state index in [2.05, 4.69) is 201 Å². The molecule has 0 amide bonds. The fourth-order valence-electron chi connectivity index (χ4n) is 10.1. The quantitative estimate of drug-likeness (QED) is 0.197. The third kappa shape index (κ3) is 4.32. The van der Waals surface area contributed by atoms with Crippen molar-refractivity contribution in [2.45, 2.75) is 5.41 Å². The molecule has 0 radical (unpaired) electrons. The summed E-state index contributed by atoms with van der Waals surface area (Å²) in [6.45, 7) is 0.0198. The Labute approximate surface area is 333 Å². The summed E-state index contributed by atoms with van der Waals surface area (Å²) in [6, 6.07) is 58.8. The van der Waals surface area contributed by atoms with E-state index in [9.17, 15) is 5.02 Å². The summed E-state index contributed by atoms with van der Waals surface area (Å²) in [7, 11) is -3.65. The van der Waals surface area contributed by atoms with Crippen molar-refractivity contribution in [1.29, 1.82) is 0 Å². The van der Waals surface area contributed by atoms with Crippen molar-refractivity contribution in [2.75, 3.05) is 0 Å². The number of halogens is 2. The molecule has 0 saturated carbocycles. The van der Waals surface area contributed by atoms with Gasteiger partial charge in [0.1, 0.15) is 5.75 Å². The van der Waals surface area contributed by atoms with Gasteiger partial charge < -0.3 is 9.68 Å². The molecule has 7 aromatic rings. The van der Waals surface area contributed by atoms with Crippen LogP contribution in [-0.2, 0) is 5.41 Å². The Bertz CT molecular complexity index is 2720. The van der Waals surface area contributed by atoms with E-state index in [1.165, 1.54) is 60.1 Å². The lowest BCUT2D eigenvalue weighted by Crippen LogP contribution is -2.77. The molecule has 7 aromatic carbocycles. The van der Waals surface area contributed by atoms with Gasteiger partial charge in [0.05, 0.1) is 5.41 Å². The smallest absolute Gasteiger partial charge is 0.532 e. The molecule has 0 fully saturated rings. The van der Waals surface area contributed by atoms with Crippen molar-refractivity contribution >= 4 is 86.0 Å². The maximum atomic E-state index is 12.3. The molecule has 0 unspecified atom stereocenters. The van der Waals surface area contributed by atoms with Crippen LogP contribution in [0.15, 0.2) is 184 Å². The summed E-state index contributed by atoms with van der Waals surface area (Å²) in [4.78, 5) is 0. The second-order valence-corrected chi connectivity index (χ2v) is 19.8. The summed E-state index contributed by atoms with van der Waals surface area (Å²) in [5.41, 5.74) is 18.6. The normalized spacial score (nSPS) is 15.8. The fourth-order valence-corrected chi connectivity index (χ4v) is 17.2. The van der Waals surface area contributed by atoms with Gasteiger partial charge in [-0.25, -0.2) is 0 Å². The number of allylic oxidation sites excluding steroid dienone is 2. The average molecular weight is 836 g/mol. The van der Waals surface area contributed by atoms with Crippen LogP contribution in [-0.4, -0.2) is 26.9 Å². The predicted molar refractivity (Wildman–Crippen MR) is 234 cm³/mol. The van der Waals surface area contributed by atoms with Crippen LogP contribution in [0.1, 0.15) is 22.3 Å². The van der Waals surface area contributed by atoms with Gasteiger partial charge in [-0.3, -0.25) is 0 Å². The summed E-state index contributed by atoms with van der Waals surface area (Å²) >= 11 is 7.70. The van der Waals surface area contributed by atoms with Crippen molar-refractivity contribution in [3.8, 4) is 28.0 Å². The topological polar surface area (TPSA) is 29.5 Å². The Kier molecular flexibility index (Phi) is 7.25. The van der Waals surface area contributed by atoms with Crippen LogP contribution in [0.2, 0.25) is 0 Å². The minimum Gasteiger partial charge on any atom is -0.532 e. The molecule has 7 heteroatoms. The van der Waals surface area contributed by atoms with E-state index in [1.807, 2.05) is 6.07 Å². The average Bonchev–Trinajstić information content (AvgIpc) is 3.81. The van der Waals surface area contributed by atoms with Gasteiger partial charge in [0.2, 0.25) is 6.71 Å². The van der Waals surface area contributed by atoms with Crippen LogP contribution in [0.25, 0.3) is 22.3 Å². The maximum Gasteiger partial charge on any atom is 0.560 e. The fraction of sp³-hybridized carbons (Fsp3) is 0.0213. The van der Waals surface area contributed by atoms with Crippen LogP contribution in [0.4, 0.5) is 0 Å². The Hall–Kier alpha value is -4.91. The Morgan fingerprint density at radius 3 is 1.80 bits per heavy atom. The first-order chi connectivity index (χ1) is 26.5. The van der Waals surface area contributed by atoms with E-state index >= 15 is 0 Å². The molecule has 4 aliphatic rings. The van der Waals surface area contributed by atoms with E-state index in [-0.39, 0.29) is 6.71 Å². The standard InChI is InChI=1S/C47H30B2Br2O2Si/c50-42-28-54(29-43(42)51)44-24-11-10-22-39(44)48(30-13-2-1-3-14-30)41-27-31(25-26-45(41)54)53-49(52)40-23-12-21-38-46(40)34-17-6-9-20-37(34)47(38)35-18-7-4-15-32(35)33-16-5-8-19-36(33)47/h1-29,52H. The minimum absolute atomic E-state index is 0.0198. The van der Waals surface area contributed by atoms with Crippen LogP contribution < -0.4 is 36.9 Å². The summed E-state index contributed by atoms with van der Waals surface area (Å²) in [5, 5.41) is 15.0. The first-order valence-corrected chi connectivity index (χ1v) is 22.1. The Balaban J connectivity index is 1.07. The number of fused-ring (bicyclic) bond motifs is 14. The Morgan fingerprint density at radius 1 is 0.537 bits per heavy atom. The van der Waals surface area contributed by atoms with Crippen LogP contribution in [0, 0.1) is 0 Å². The van der Waals surface area contributed by atoms with Crippen molar-refractivity contribution in [3.05, 3.63) is 206 Å². The molecule has 2 aliphatic heterocycles. The van der Waals surface area contributed by atoms with E-state index < -0.39 is 20.6 Å². The third-order valence-electron chi connectivity index (χ3n) is 12.1.